The van der Waals surface area contributed by atoms with E-state index in [1.807, 2.05) is 0 Å². The molecule has 0 aromatic rings. The van der Waals surface area contributed by atoms with Gasteiger partial charge >= 0.3 is 6.18 Å². The number of rotatable bonds is 4. The number of hydrogen-bond donors (Lipinski definition) is 2. The predicted molar refractivity (Wildman–Crippen MR) is 71.5 cm³/mol. The highest BCUT2D eigenvalue weighted by Crippen LogP contribution is 2.24. The van der Waals surface area contributed by atoms with Gasteiger partial charge in [-0.2, -0.15) is 13.2 Å². The van der Waals surface area contributed by atoms with Crippen LogP contribution in [0, 0.1) is 5.92 Å². The van der Waals surface area contributed by atoms with E-state index in [2.05, 4.69) is 5.32 Å². The van der Waals surface area contributed by atoms with Crippen molar-refractivity contribution in [3.05, 3.63) is 0 Å². The number of alkyl halides is 3. The normalized spacial score (nSPS) is 30.6. The molecule has 6 heteroatoms. The summed E-state index contributed by atoms with van der Waals surface area (Å²) in [6.07, 6.45) is 1.32. The number of aliphatic hydroxyl groups excluding tert-OH is 1. The Hall–Kier alpha value is -0.330. The zero-order valence-electron chi connectivity index (χ0n) is 11.8. The first-order chi connectivity index (χ1) is 9.42. The van der Waals surface area contributed by atoms with E-state index in [0.717, 1.165) is 45.1 Å². The van der Waals surface area contributed by atoms with E-state index < -0.39 is 12.7 Å². The highest BCUT2D eigenvalue weighted by atomic mass is 19.4. The van der Waals surface area contributed by atoms with E-state index in [1.54, 1.807) is 0 Å². The molecule has 20 heavy (non-hydrogen) atoms. The molecule has 1 heterocycles. The van der Waals surface area contributed by atoms with E-state index in [1.165, 1.54) is 4.90 Å². The number of piperidine rings is 1. The minimum absolute atomic E-state index is 0.163. The zero-order valence-corrected chi connectivity index (χ0v) is 11.8. The van der Waals surface area contributed by atoms with E-state index in [-0.39, 0.29) is 6.10 Å². The molecule has 0 aromatic heterocycles. The summed E-state index contributed by atoms with van der Waals surface area (Å²) in [6, 6.07) is 0.332. The molecular formula is C14H25F3N2O. The average molecular weight is 294 g/mol. The van der Waals surface area contributed by atoms with Crippen molar-refractivity contribution in [3.8, 4) is 0 Å². The van der Waals surface area contributed by atoms with Crippen LogP contribution in [-0.4, -0.2) is 54.5 Å². The van der Waals surface area contributed by atoms with Gasteiger partial charge in [-0.05, 0) is 57.7 Å². The summed E-state index contributed by atoms with van der Waals surface area (Å²) >= 11 is 0. The molecule has 0 amide bonds. The maximum atomic E-state index is 12.3. The van der Waals surface area contributed by atoms with Crippen molar-refractivity contribution in [3.63, 3.8) is 0 Å². The second-order valence-electron chi connectivity index (χ2n) is 6.26. The standard InChI is InChI=1S/C14H25F3N2O/c15-14(16,17)10-19-6-4-12(5-7-19)18-9-11-2-1-3-13(20)8-11/h11-13,18,20H,1-10H2. The topological polar surface area (TPSA) is 35.5 Å². The van der Waals surface area contributed by atoms with Crippen molar-refractivity contribution in [2.75, 3.05) is 26.2 Å². The second kappa shape index (κ2) is 7.09. The first-order valence-electron chi connectivity index (χ1n) is 7.63. The van der Waals surface area contributed by atoms with Crippen LogP contribution in [0.2, 0.25) is 0 Å². The summed E-state index contributed by atoms with van der Waals surface area (Å²) in [7, 11) is 0. The lowest BCUT2D eigenvalue weighted by Gasteiger charge is -2.34. The lowest BCUT2D eigenvalue weighted by atomic mass is 9.87. The molecule has 118 valence electrons. The van der Waals surface area contributed by atoms with Gasteiger partial charge in [-0.3, -0.25) is 4.90 Å². The fraction of sp³-hybridized carbons (Fsp3) is 1.00. The third kappa shape index (κ3) is 5.58. The SMILES string of the molecule is OC1CCCC(CNC2CCN(CC(F)(F)F)CC2)C1. The van der Waals surface area contributed by atoms with E-state index >= 15 is 0 Å². The molecule has 0 bridgehead atoms. The monoisotopic (exact) mass is 294 g/mol. The number of halogens is 3. The first-order valence-corrected chi connectivity index (χ1v) is 7.63. The Balaban J connectivity index is 1.62. The van der Waals surface area contributed by atoms with Crippen LogP contribution in [0.25, 0.3) is 0 Å². The Kier molecular flexibility index (Phi) is 5.69. The fourth-order valence-electron chi connectivity index (χ4n) is 3.33. The maximum absolute atomic E-state index is 12.3. The number of nitrogens with zero attached hydrogens (tertiary/aromatic N) is 1. The third-order valence-corrected chi connectivity index (χ3v) is 4.44. The van der Waals surface area contributed by atoms with Gasteiger partial charge in [-0.25, -0.2) is 0 Å². The summed E-state index contributed by atoms with van der Waals surface area (Å²) in [5.41, 5.74) is 0. The van der Waals surface area contributed by atoms with Crippen molar-refractivity contribution in [2.45, 2.75) is 56.8 Å². The summed E-state index contributed by atoms with van der Waals surface area (Å²) in [5, 5.41) is 13.1. The molecule has 2 fully saturated rings. The number of likely N-dealkylation sites (tertiary alicyclic amines) is 1. The lowest BCUT2D eigenvalue weighted by molar-refractivity contribution is -0.148. The maximum Gasteiger partial charge on any atom is 0.401 e. The molecule has 1 aliphatic carbocycles. The summed E-state index contributed by atoms with van der Waals surface area (Å²) in [5.74, 6) is 0.520. The third-order valence-electron chi connectivity index (χ3n) is 4.44. The van der Waals surface area contributed by atoms with Crippen LogP contribution in [0.15, 0.2) is 0 Å². The van der Waals surface area contributed by atoms with Crippen LogP contribution in [0.1, 0.15) is 38.5 Å². The largest absolute Gasteiger partial charge is 0.401 e. The molecule has 0 radical (unpaired) electrons. The Morgan fingerprint density at radius 3 is 2.40 bits per heavy atom. The summed E-state index contributed by atoms with van der Waals surface area (Å²) < 4.78 is 36.9. The molecule has 2 unspecified atom stereocenters. The molecule has 1 aliphatic heterocycles. The molecule has 2 rings (SSSR count). The van der Waals surface area contributed by atoms with Gasteiger partial charge in [0, 0.05) is 6.04 Å². The van der Waals surface area contributed by atoms with Crippen molar-refractivity contribution in [1.82, 2.24) is 10.2 Å². The van der Waals surface area contributed by atoms with Gasteiger partial charge in [0.05, 0.1) is 12.6 Å². The highest BCUT2D eigenvalue weighted by molar-refractivity contribution is 4.81. The van der Waals surface area contributed by atoms with Crippen LogP contribution in [0.5, 0.6) is 0 Å². The first kappa shape index (κ1) is 16.0. The van der Waals surface area contributed by atoms with Crippen molar-refractivity contribution < 1.29 is 18.3 Å². The van der Waals surface area contributed by atoms with Gasteiger partial charge in [0.1, 0.15) is 0 Å². The minimum Gasteiger partial charge on any atom is -0.393 e. The van der Waals surface area contributed by atoms with Crippen LogP contribution in [0.3, 0.4) is 0 Å². The van der Waals surface area contributed by atoms with Crippen LogP contribution < -0.4 is 5.32 Å². The van der Waals surface area contributed by atoms with Gasteiger partial charge < -0.3 is 10.4 Å². The van der Waals surface area contributed by atoms with Crippen molar-refractivity contribution >= 4 is 0 Å². The minimum atomic E-state index is -4.08. The molecule has 1 saturated carbocycles. The molecule has 3 nitrogen and oxygen atoms in total. The van der Waals surface area contributed by atoms with Crippen LogP contribution in [0.4, 0.5) is 13.2 Å². The van der Waals surface area contributed by atoms with Crippen LogP contribution >= 0.6 is 0 Å². The summed E-state index contributed by atoms with van der Waals surface area (Å²) in [6.45, 7) is 1.14. The van der Waals surface area contributed by atoms with Crippen molar-refractivity contribution in [1.29, 1.82) is 0 Å². The lowest BCUT2D eigenvalue weighted by Crippen LogP contribution is -2.46. The van der Waals surface area contributed by atoms with Gasteiger partial charge in [-0.15, -0.1) is 0 Å². The van der Waals surface area contributed by atoms with Gasteiger partial charge in [0.15, 0.2) is 0 Å². The fourth-order valence-corrected chi connectivity index (χ4v) is 3.33. The molecule has 2 atom stereocenters. The Bertz CT molecular complexity index is 291. The molecule has 2 aliphatic rings. The molecule has 1 saturated heterocycles. The van der Waals surface area contributed by atoms with E-state index in [9.17, 15) is 18.3 Å². The quantitative estimate of drug-likeness (QED) is 0.834. The smallest absolute Gasteiger partial charge is 0.393 e. The second-order valence-corrected chi connectivity index (χ2v) is 6.26. The van der Waals surface area contributed by atoms with Gasteiger partial charge in [0.2, 0.25) is 0 Å². The van der Waals surface area contributed by atoms with Gasteiger partial charge in [0.25, 0.3) is 0 Å². The zero-order chi connectivity index (χ0) is 14.6. The van der Waals surface area contributed by atoms with Gasteiger partial charge in [-0.1, -0.05) is 6.42 Å². The van der Waals surface area contributed by atoms with E-state index in [0.29, 0.717) is 25.0 Å². The molecular weight excluding hydrogens is 269 g/mol. The molecule has 0 aromatic carbocycles. The number of hydrogen-bond acceptors (Lipinski definition) is 3. The molecule has 2 N–H and O–H groups in total. The Labute approximate surface area is 118 Å². The highest BCUT2D eigenvalue weighted by Gasteiger charge is 2.32. The number of nitrogens with one attached hydrogen (secondary N) is 1. The number of aliphatic hydroxyl groups is 1. The van der Waals surface area contributed by atoms with Crippen LogP contribution in [-0.2, 0) is 0 Å². The predicted octanol–water partition coefficient (Wildman–Crippen LogP) is 2.15. The van der Waals surface area contributed by atoms with Crippen molar-refractivity contribution in [2.24, 2.45) is 5.92 Å². The summed E-state index contributed by atoms with van der Waals surface area (Å²) in [4.78, 5) is 1.49. The van der Waals surface area contributed by atoms with E-state index in [4.69, 9.17) is 0 Å². The molecule has 0 spiro atoms. The average Bonchev–Trinajstić information content (AvgIpc) is 2.36. The Morgan fingerprint density at radius 1 is 1.10 bits per heavy atom. The Morgan fingerprint density at radius 2 is 1.80 bits per heavy atom.